The summed E-state index contributed by atoms with van der Waals surface area (Å²) in [6.45, 7) is 3.71. The molecule has 2 aromatic heterocycles. The molecule has 0 bridgehead atoms. The molecule has 4 rings (SSSR count). The van der Waals surface area contributed by atoms with E-state index in [-0.39, 0.29) is 46.4 Å². The minimum atomic E-state index is -1.10. The standard InChI is InChI=1S/C16H16ClF3N2O2.C14H10BrClF3NO/c1-4-22-15(14-12(19)6-10(18)7-13(14)20)9(8-21(2)24-3)5-11(17)16(22)23;1-2-20-13(7(6-15)3-9(16)14(20)21)12-10(18)4-8(17)5-11(12)19/h5-7H,4,8H2,1-3H3;3-5H,2,6H2,1H3. The van der Waals surface area contributed by atoms with Crippen LogP contribution in [0.3, 0.4) is 0 Å². The topological polar surface area (TPSA) is 56.5 Å². The molecule has 0 spiro atoms. The lowest BCUT2D eigenvalue weighted by atomic mass is 10.0. The van der Waals surface area contributed by atoms with E-state index in [9.17, 15) is 35.9 Å². The summed E-state index contributed by atoms with van der Waals surface area (Å²) in [5.41, 5.74) is -1.19. The van der Waals surface area contributed by atoms with Crippen LogP contribution in [-0.2, 0) is 29.8 Å². The van der Waals surface area contributed by atoms with Gasteiger partial charge < -0.3 is 14.0 Å². The van der Waals surface area contributed by atoms with E-state index >= 15 is 0 Å². The van der Waals surface area contributed by atoms with Crippen LogP contribution in [0.5, 0.6) is 0 Å². The summed E-state index contributed by atoms with van der Waals surface area (Å²) < 4.78 is 85.2. The first kappa shape index (κ1) is 36.4. The lowest BCUT2D eigenvalue weighted by Crippen LogP contribution is -2.26. The van der Waals surface area contributed by atoms with E-state index in [0.29, 0.717) is 35.4 Å². The molecule has 0 aliphatic carbocycles. The minimum absolute atomic E-state index is 0.00537. The Hall–Kier alpha value is -3.10. The maximum atomic E-state index is 14.3. The highest BCUT2D eigenvalue weighted by Crippen LogP contribution is 2.33. The van der Waals surface area contributed by atoms with Crippen molar-refractivity contribution in [3.63, 3.8) is 0 Å². The van der Waals surface area contributed by atoms with Crippen molar-refractivity contribution in [2.75, 3.05) is 14.2 Å². The summed E-state index contributed by atoms with van der Waals surface area (Å²) in [5.74, 6) is -6.40. The van der Waals surface area contributed by atoms with Gasteiger partial charge in [-0.05, 0) is 37.1 Å². The number of aromatic nitrogens is 2. The Bertz CT molecular complexity index is 1810. The molecule has 0 unspecified atom stereocenters. The van der Waals surface area contributed by atoms with Gasteiger partial charge in [0.15, 0.2) is 0 Å². The van der Waals surface area contributed by atoms with Gasteiger partial charge in [-0.1, -0.05) is 39.1 Å². The maximum absolute atomic E-state index is 14.3. The average Bonchev–Trinajstić information content (AvgIpc) is 2.96. The molecular formula is C30H26BrCl2F6N3O3. The van der Waals surface area contributed by atoms with E-state index < -0.39 is 57.1 Å². The largest absolute Gasteiger partial charge is 0.307 e. The maximum Gasteiger partial charge on any atom is 0.269 e. The quantitative estimate of drug-likeness (QED) is 0.104. The predicted octanol–water partition coefficient (Wildman–Crippen LogP) is 8.10. The molecule has 0 aliphatic rings. The van der Waals surface area contributed by atoms with Crippen molar-refractivity contribution in [3.05, 3.63) is 113 Å². The van der Waals surface area contributed by atoms with Crippen molar-refractivity contribution in [1.82, 2.24) is 14.2 Å². The molecule has 4 aromatic rings. The van der Waals surface area contributed by atoms with Crippen LogP contribution in [0.15, 0.2) is 46.0 Å². The highest BCUT2D eigenvalue weighted by molar-refractivity contribution is 9.08. The van der Waals surface area contributed by atoms with Crippen LogP contribution in [0.2, 0.25) is 10.0 Å². The Labute approximate surface area is 272 Å². The van der Waals surface area contributed by atoms with Gasteiger partial charge >= 0.3 is 0 Å². The lowest BCUT2D eigenvalue weighted by molar-refractivity contribution is -0.116. The number of pyridine rings is 2. The van der Waals surface area contributed by atoms with Crippen LogP contribution in [0.25, 0.3) is 22.5 Å². The van der Waals surface area contributed by atoms with Gasteiger partial charge in [0, 0.05) is 49.7 Å². The Morgan fingerprint density at radius 2 is 1.07 bits per heavy atom. The lowest BCUT2D eigenvalue weighted by Gasteiger charge is -2.21. The monoisotopic (exact) mass is 739 g/mol. The first-order valence-electron chi connectivity index (χ1n) is 13.2. The highest BCUT2D eigenvalue weighted by atomic mass is 79.9. The van der Waals surface area contributed by atoms with E-state index in [0.717, 1.165) is 4.57 Å². The fraction of sp³-hybridized carbons (Fsp3) is 0.267. The molecule has 0 saturated heterocycles. The molecule has 0 saturated carbocycles. The van der Waals surface area contributed by atoms with E-state index in [1.165, 1.54) is 28.9 Å². The van der Waals surface area contributed by atoms with Crippen molar-refractivity contribution in [2.45, 2.75) is 38.8 Å². The first-order valence-corrected chi connectivity index (χ1v) is 15.0. The van der Waals surface area contributed by atoms with Gasteiger partial charge in [-0.15, -0.1) is 0 Å². The number of rotatable bonds is 8. The zero-order valence-electron chi connectivity index (χ0n) is 24.3. The average molecular weight is 741 g/mol. The zero-order valence-corrected chi connectivity index (χ0v) is 27.4. The summed E-state index contributed by atoms with van der Waals surface area (Å²) in [7, 11) is 3.03. The molecule has 45 heavy (non-hydrogen) atoms. The molecule has 6 nitrogen and oxygen atoms in total. The van der Waals surface area contributed by atoms with Gasteiger partial charge in [-0.2, -0.15) is 5.06 Å². The number of alkyl halides is 1. The number of hydroxylamine groups is 2. The molecule has 0 N–H and O–H groups in total. The van der Waals surface area contributed by atoms with Gasteiger partial charge in [-0.25, -0.2) is 26.3 Å². The summed E-state index contributed by atoms with van der Waals surface area (Å²) in [6.07, 6.45) is 0. The van der Waals surface area contributed by atoms with Crippen LogP contribution in [0.4, 0.5) is 26.3 Å². The number of hydrogen-bond donors (Lipinski definition) is 0. The molecule has 0 radical (unpaired) electrons. The van der Waals surface area contributed by atoms with Crippen molar-refractivity contribution in [3.8, 4) is 22.5 Å². The van der Waals surface area contributed by atoms with Crippen molar-refractivity contribution >= 4 is 39.1 Å². The Morgan fingerprint density at radius 3 is 1.40 bits per heavy atom. The zero-order chi connectivity index (χ0) is 33.7. The number of halogens is 9. The molecule has 0 amide bonds. The summed E-state index contributed by atoms with van der Waals surface area (Å²) >= 11 is 15.0. The minimum Gasteiger partial charge on any atom is -0.307 e. The summed E-state index contributed by atoms with van der Waals surface area (Å²) in [6, 6.07) is 4.99. The fourth-order valence-electron chi connectivity index (χ4n) is 4.63. The van der Waals surface area contributed by atoms with Gasteiger partial charge in [0.05, 0.1) is 36.2 Å². The van der Waals surface area contributed by atoms with Crippen LogP contribution < -0.4 is 11.1 Å². The molecule has 2 heterocycles. The molecule has 0 aliphatic heterocycles. The van der Waals surface area contributed by atoms with Crippen molar-refractivity contribution in [2.24, 2.45) is 0 Å². The Morgan fingerprint density at radius 1 is 0.711 bits per heavy atom. The molecular weight excluding hydrogens is 715 g/mol. The first-order chi connectivity index (χ1) is 21.2. The molecule has 15 heteroatoms. The van der Waals surface area contributed by atoms with Crippen LogP contribution in [0, 0.1) is 34.9 Å². The molecule has 0 atom stereocenters. The second-order valence-corrected chi connectivity index (χ2v) is 10.8. The van der Waals surface area contributed by atoms with Crippen LogP contribution >= 0.6 is 39.1 Å². The Kier molecular flexibility index (Phi) is 12.5. The van der Waals surface area contributed by atoms with Crippen LogP contribution in [0.1, 0.15) is 25.0 Å². The van der Waals surface area contributed by atoms with E-state index in [1.807, 2.05) is 0 Å². The van der Waals surface area contributed by atoms with E-state index in [1.54, 1.807) is 20.9 Å². The van der Waals surface area contributed by atoms with Crippen LogP contribution in [-0.4, -0.2) is 28.4 Å². The molecule has 242 valence electrons. The SMILES string of the molecule is CCn1c(-c2c(F)cc(F)cc2F)c(CBr)cc(Cl)c1=O.CCn1c(-c2c(F)cc(F)cc2F)c(CN(C)OC)cc(Cl)c1=O. The second kappa shape index (κ2) is 15.5. The molecule has 2 aromatic carbocycles. The third kappa shape index (κ3) is 7.83. The molecule has 0 fully saturated rings. The number of nitrogens with zero attached hydrogens (tertiary/aromatic N) is 3. The van der Waals surface area contributed by atoms with E-state index in [2.05, 4.69) is 15.9 Å². The van der Waals surface area contributed by atoms with Gasteiger partial charge in [-0.3, -0.25) is 9.59 Å². The van der Waals surface area contributed by atoms with Gasteiger partial charge in [0.2, 0.25) is 0 Å². The van der Waals surface area contributed by atoms with E-state index in [4.69, 9.17) is 28.0 Å². The van der Waals surface area contributed by atoms with Crippen molar-refractivity contribution < 1.29 is 31.2 Å². The fourth-order valence-corrected chi connectivity index (χ4v) is 5.53. The number of hydrogen-bond acceptors (Lipinski definition) is 4. The highest BCUT2D eigenvalue weighted by Gasteiger charge is 2.24. The normalized spacial score (nSPS) is 11.2. The summed E-state index contributed by atoms with van der Waals surface area (Å²) in [4.78, 5) is 29.3. The smallest absolute Gasteiger partial charge is 0.269 e. The third-order valence-electron chi connectivity index (χ3n) is 6.62. The van der Waals surface area contributed by atoms with Crippen molar-refractivity contribution in [1.29, 1.82) is 0 Å². The third-order valence-corrected chi connectivity index (χ3v) is 7.76. The van der Waals surface area contributed by atoms with Gasteiger partial charge in [0.25, 0.3) is 11.1 Å². The Balaban J connectivity index is 0.000000248. The summed E-state index contributed by atoms with van der Waals surface area (Å²) in [5, 5.41) is 1.51. The number of benzene rings is 2. The second-order valence-electron chi connectivity index (χ2n) is 9.42. The van der Waals surface area contributed by atoms with Gasteiger partial charge in [0.1, 0.15) is 44.9 Å². The predicted molar refractivity (Wildman–Crippen MR) is 164 cm³/mol.